The van der Waals surface area contributed by atoms with Crippen molar-refractivity contribution in [1.82, 2.24) is 4.98 Å². The Hall–Kier alpha value is -1.52. The summed E-state index contributed by atoms with van der Waals surface area (Å²) in [5.74, 6) is -2.10. The van der Waals surface area contributed by atoms with Gasteiger partial charge < -0.3 is 9.47 Å². The zero-order valence-electron chi connectivity index (χ0n) is 10.8. The van der Waals surface area contributed by atoms with Crippen LogP contribution in [0.25, 0.3) is 0 Å². The van der Waals surface area contributed by atoms with Crippen LogP contribution in [0.5, 0.6) is 5.75 Å². The second-order valence-corrected chi connectivity index (χ2v) is 4.42. The maximum absolute atomic E-state index is 12.9. The minimum Gasteiger partial charge on any atom is -0.469 e. The van der Waals surface area contributed by atoms with Crippen molar-refractivity contribution < 1.29 is 40.6 Å². The first-order chi connectivity index (χ1) is 9.97. The molecule has 4 nitrogen and oxygen atoms in total. The third-order valence-electron chi connectivity index (χ3n) is 2.34. The van der Waals surface area contributed by atoms with Gasteiger partial charge in [0.05, 0.1) is 30.5 Å². The van der Waals surface area contributed by atoms with E-state index in [1.54, 1.807) is 0 Å². The highest BCUT2D eigenvalue weighted by Gasteiger charge is 2.38. The van der Waals surface area contributed by atoms with Crippen LogP contribution >= 0.6 is 15.9 Å². The predicted molar refractivity (Wildman–Crippen MR) is 64.3 cm³/mol. The van der Waals surface area contributed by atoms with Gasteiger partial charge in [0.15, 0.2) is 5.75 Å². The Morgan fingerprint density at radius 3 is 2.23 bits per heavy atom. The van der Waals surface area contributed by atoms with E-state index in [1.165, 1.54) is 0 Å². The first-order valence-electron chi connectivity index (χ1n) is 5.46. The zero-order chi connectivity index (χ0) is 17.1. The van der Waals surface area contributed by atoms with Crippen molar-refractivity contribution in [2.24, 2.45) is 0 Å². The number of halogens is 7. The molecule has 0 aromatic carbocycles. The molecule has 0 spiro atoms. The van der Waals surface area contributed by atoms with Gasteiger partial charge >= 0.3 is 18.5 Å². The van der Waals surface area contributed by atoms with Crippen LogP contribution in [0.15, 0.2) is 6.07 Å². The smallest absolute Gasteiger partial charge is 0.469 e. The average molecular weight is 396 g/mol. The monoisotopic (exact) mass is 395 g/mol. The summed E-state index contributed by atoms with van der Waals surface area (Å²) >= 11 is 2.80. The molecule has 0 saturated heterocycles. The molecule has 0 bridgehead atoms. The quantitative estimate of drug-likeness (QED) is 0.444. The van der Waals surface area contributed by atoms with Crippen LogP contribution in [0.4, 0.5) is 26.3 Å². The number of alkyl halides is 7. The number of hydrogen-bond acceptors (Lipinski definition) is 4. The normalized spacial score (nSPS) is 12.2. The molecule has 0 aliphatic carbocycles. The molecular weight excluding hydrogens is 388 g/mol. The number of esters is 1. The Kier molecular flexibility index (Phi) is 5.65. The summed E-state index contributed by atoms with van der Waals surface area (Å²) in [5, 5.41) is -0.301. The van der Waals surface area contributed by atoms with Gasteiger partial charge in [-0.1, -0.05) is 15.9 Å². The van der Waals surface area contributed by atoms with Gasteiger partial charge in [-0.15, -0.1) is 13.2 Å². The van der Waals surface area contributed by atoms with Crippen LogP contribution in [0.3, 0.4) is 0 Å². The molecule has 1 heterocycles. The number of rotatable bonds is 4. The van der Waals surface area contributed by atoms with Crippen LogP contribution in [0.1, 0.15) is 17.0 Å². The number of aromatic nitrogens is 1. The van der Waals surface area contributed by atoms with E-state index >= 15 is 0 Å². The van der Waals surface area contributed by atoms with Crippen molar-refractivity contribution in [3.63, 3.8) is 0 Å². The van der Waals surface area contributed by atoms with Crippen LogP contribution in [0, 0.1) is 0 Å². The number of ether oxygens (including phenoxy) is 2. The summed E-state index contributed by atoms with van der Waals surface area (Å²) in [6, 6.07) is 0.162. The molecule has 0 radical (unpaired) electrons. The third-order valence-corrected chi connectivity index (χ3v) is 2.87. The Morgan fingerprint density at radius 2 is 1.82 bits per heavy atom. The van der Waals surface area contributed by atoms with E-state index in [4.69, 9.17) is 0 Å². The molecule has 0 amide bonds. The highest BCUT2D eigenvalue weighted by atomic mass is 79.9. The van der Waals surface area contributed by atoms with Crippen molar-refractivity contribution in [3.05, 3.63) is 23.0 Å². The standard InChI is InChI=1S/C11H8BrF6NO3/c1-21-9(20)3-6-5(10(13,14)15)2-8(7(4-12)19-6)22-11(16,17)18/h2H,3-4H2,1H3. The number of hydrogen-bond donors (Lipinski definition) is 0. The molecule has 0 N–H and O–H groups in total. The van der Waals surface area contributed by atoms with Gasteiger partial charge in [0.25, 0.3) is 0 Å². The number of nitrogens with zero attached hydrogens (tertiary/aromatic N) is 1. The van der Waals surface area contributed by atoms with Crippen LogP contribution < -0.4 is 4.74 Å². The molecule has 1 rings (SSSR count). The van der Waals surface area contributed by atoms with Crippen LogP contribution in [0.2, 0.25) is 0 Å². The molecular formula is C11H8BrF6NO3. The number of carbonyl (C=O) groups excluding carboxylic acids is 1. The summed E-state index contributed by atoms with van der Waals surface area (Å²) in [4.78, 5) is 14.6. The van der Waals surface area contributed by atoms with Gasteiger partial charge in [0.1, 0.15) is 0 Å². The second-order valence-electron chi connectivity index (χ2n) is 3.86. The lowest BCUT2D eigenvalue weighted by molar-refractivity contribution is -0.275. The van der Waals surface area contributed by atoms with Crippen molar-refractivity contribution >= 4 is 21.9 Å². The van der Waals surface area contributed by atoms with Gasteiger partial charge in [-0.05, 0) is 6.07 Å². The summed E-state index contributed by atoms with van der Waals surface area (Å²) < 4.78 is 83.2. The van der Waals surface area contributed by atoms with Gasteiger partial charge in [-0.25, -0.2) is 0 Å². The molecule has 1 aromatic rings. The van der Waals surface area contributed by atoms with Crippen LogP contribution in [-0.4, -0.2) is 24.4 Å². The van der Waals surface area contributed by atoms with Gasteiger partial charge in [-0.3, -0.25) is 9.78 Å². The number of methoxy groups -OCH3 is 1. The fraction of sp³-hybridized carbons (Fsp3) is 0.455. The molecule has 0 saturated carbocycles. The van der Waals surface area contributed by atoms with Crippen molar-refractivity contribution in [2.75, 3.05) is 7.11 Å². The molecule has 11 heteroatoms. The third kappa shape index (κ3) is 5.04. The van der Waals surface area contributed by atoms with E-state index in [0.717, 1.165) is 7.11 Å². The highest BCUT2D eigenvalue weighted by Crippen LogP contribution is 2.37. The van der Waals surface area contributed by atoms with Gasteiger partial charge in [0.2, 0.25) is 0 Å². The van der Waals surface area contributed by atoms with Gasteiger partial charge in [0, 0.05) is 5.33 Å². The summed E-state index contributed by atoms with van der Waals surface area (Å²) in [7, 11) is 0.960. The first-order valence-corrected chi connectivity index (χ1v) is 6.58. The Balaban J connectivity index is 3.42. The summed E-state index contributed by atoms with van der Waals surface area (Å²) in [6.07, 6.45) is -11.0. The predicted octanol–water partition coefficient (Wildman–Crippen LogP) is 3.61. The van der Waals surface area contributed by atoms with Crippen molar-refractivity contribution in [1.29, 1.82) is 0 Å². The average Bonchev–Trinajstić information content (AvgIpc) is 2.36. The summed E-state index contributed by atoms with van der Waals surface area (Å²) in [6.45, 7) is 0. The van der Waals surface area contributed by atoms with Crippen molar-refractivity contribution in [2.45, 2.75) is 24.3 Å². The molecule has 0 atom stereocenters. The Bertz CT molecular complexity index is 558. The lowest BCUT2D eigenvalue weighted by Gasteiger charge is -2.17. The van der Waals surface area contributed by atoms with E-state index in [-0.39, 0.29) is 11.4 Å². The lowest BCUT2D eigenvalue weighted by Crippen LogP contribution is -2.21. The molecule has 22 heavy (non-hydrogen) atoms. The second kappa shape index (κ2) is 6.71. The number of pyridine rings is 1. The van der Waals surface area contributed by atoms with E-state index < -0.39 is 47.6 Å². The lowest BCUT2D eigenvalue weighted by atomic mass is 10.1. The van der Waals surface area contributed by atoms with Gasteiger partial charge in [-0.2, -0.15) is 13.2 Å². The fourth-order valence-corrected chi connectivity index (χ4v) is 1.88. The van der Waals surface area contributed by atoms with E-state index in [2.05, 4.69) is 30.4 Å². The topological polar surface area (TPSA) is 48.4 Å². The molecule has 1 aromatic heterocycles. The zero-order valence-corrected chi connectivity index (χ0v) is 12.4. The Morgan fingerprint density at radius 1 is 1.23 bits per heavy atom. The van der Waals surface area contributed by atoms with E-state index in [9.17, 15) is 31.1 Å². The number of carbonyl (C=O) groups is 1. The fourth-order valence-electron chi connectivity index (χ4n) is 1.47. The van der Waals surface area contributed by atoms with E-state index in [1.807, 2.05) is 0 Å². The molecule has 0 aliphatic rings. The Labute approximate surface area is 128 Å². The minimum atomic E-state index is -5.18. The minimum absolute atomic E-state index is 0.162. The molecule has 124 valence electrons. The van der Waals surface area contributed by atoms with E-state index in [0.29, 0.717) is 0 Å². The SMILES string of the molecule is COC(=O)Cc1nc(CBr)c(OC(F)(F)F)cc1C(F)(F)F. The molecule has 0 aliphatic heterocycles. The molecule has 0 fully saturated rings. The largest absolute Gasteiger partial charge is 0.573 e. The first kappa shape index (κ1) is 18.5. The molecule has 0 unspecified atom stereocenters. The van der Waals surface area contributed by atoms with Crippen molar-refractivity contribution in [3.8, 4) is 5.75 Å². The van der Waals surface area contributed by atoms with Crippen LogP contribution in [-0.2, 0) is 27.5 Å². The highest BCUT2D eigenvalue weighted by molar-refractivity contribution is 9.08. The maximum atomic E-state index is 12.9. The maximum Gasteiger partial charge on any atom is 0.573 e. The summed E-state index contributed by atoms with van der Waals surface area (Å²) in [5.41, 5.74) is -2.67.